The highest BCUT2D eigenvalue weighted by atomic mass is 16.2. The zero-order chi connectivity index (χ0) is 13.8. The molecule has 0 atom stereocenters. The van der Waals surface area contributed by atoms with Crippen LogP contribution in [-0.2, 0) is 16.8 Å². The average molecular weight is 267 g/mol. The van der Waals surface area contributed by atoms with Crippen LogP contribution >= 0.6 is 0 Å². The second-order valence-electron chi connectivity index (χ2n) is 5.18. The molecule has 0 unspecified atom stereocenters. The van der Waals surface area contributed by atoms with Crippen LogP contribution < -0.4 is 5.32 Å². The van der Waals surface area contributed by atoms with Crippen molar-refractivity contribution < 1.29 is 4.79 Å². The van der Waals surface area contributed by atoms with E-state index in [4.69, 9.17) is 0 Å². The Hall–Kier alpha value is -2.23. The Morgan fingerprint density at radius 1 is 1.20 bits per heavy atom. The molecule has 0 saturated heterocycles. The van der Waals surface area contributed by atoms with E-state index in [1.165, 1.54) is 0 Å². The molecule has 1 aliphatic carbocycles. The fourth-order valence-corrected chi connectivity index (χ4v) is 2.70. The molecule has 1 N–H and O–H groups in total. The molecule has 1 fully saturated rings. The van der Waals surface area contributed by atoms with Gasteiger partial charge < -0.3 is 5.32 Å². The number of nitrogens with zero attached hydrogens (tertiary/aromatic N) is 2. The summed E-state index contributed by atoms with van der Waals surface area (Å²) in [5, 5.41) is 3.00. The minimum atomic E-state index is -0.344. The molecule has 0 radical (unpaired) electrons. The molecule has 1 heterocycles. The van der Waals surface area contributed by atoms with Crippen LogP contribution in [-0.4, -0.2) is 15.9 Å². The largest absolute Gasteiger partial charge is 0.350 e. The van der Waals surface area contributed by atoms with Gasteiger partial charge in [0.15, 0.2) is 0 Å². The van der Waals surface area contributed by atoms with Gasteiger partial charge >= 0.3 is 0 Å². The van der Waals surface area contributed by atoms with Crippen molar-refractivity contribution in [3.63, 3.8) is 0 Å². The maximum atomic E-state index is 12.6. The summed E-state index contributed by atoms with van der Waals surface area (Å²) >= 11 is 0. The molecule has 102 valence electrons. The van der Waals surface area contributed by atoms with Crippen LogP contribution in [0.1, 0.15) is 30.5 Å². The lowest BCUT2D eigenvalue weighted by Crippen LogP contribution is -2.49. The number of amides is 1. The zero-order valence-electron chi connectivity index (χ0n) is 11.2. The van der Waals surface area contributed by atoms with E-state index in [2.05, 4.69) is 15.3 Å². The summed E-state index contributed by atoms with van der Waals surface area (Å²) in [4.78, 5) is 20.7. The van der Waals surface area contributed by atoms with E-state index in [0.717, 1.165) is 30.5 Å². The number of carbonyl (C=O) groups excluding carboxylic acids is 1. The van der Waals surface area contributed by atoms with Gasteiger partial charge in [-0.25, -0.2) is 0 Å². The summed E-state index contributed by atoms with van der Waals surface area (Å²) in [5.74, 6) is 0.0978. The molecule has 3 rings (SSSR count). The fourth-order valence-electron chi connectivity index (χ4n) is 2.70. The van der Waals surface area contributed by atoms with E-state index in [9.17, 15) is 4.79 Å². The van der Waals surface area contributed by atoms with Crippen LogP contribution in [0.5, 0.6) is 0 Å². The van der Waals surface area contributed by atoms with Crippen molar-refractivity contribution in [1.82, 2.24) is 15.3 Å². The first-order valence-corrected chi connectivity index (χ1v) is 6.90. The third kappa shape index (κ3) is 2.29. The quantitative estimate of drug-likeness (QED) is 0.924. The first-order valence-electron chi connectivity index (χ1n) is 6.90. The van der Waals surface area contributed by atoms with E-state index in [-0.39, 0.29) is 11.3 Å². The van der Waals surface area contributed by atoms with Crippen molar-refractivity contribution in [1.29, 1.82) is 0 Å². The van der Waals surface area contributed by atoms with Gasteiger partial charge in [0.2, 0.25) is 5.91 Å². The maximum absolute atomic E-state index is 12.6. The van der Waals surface area contributed by atoms with Crippen molar-refractivity contribution in [3.8, 4) is 0 Å². The summed E-state index contributed by atoms with van der Waals surface area (Å²) < 4.78 is 0. The summed E-state index contributed by atoms with van der Waals surface area (Å²) in [5.41, 5.74) is 1.55. The summed E-state index contributed by atoms with van der Waals surface area (Å²) in [6.45, 7) is 0.432. The standard InChI is InChI=1S/C16H17N3O/c20-15(19-12-14-11-17-9-10-18-14)16(7-4-8-16)13-5-2-1-3-6-13/h1-3,5-6,9-11H,4,7-8,12H2,(H,19,20). The van der Waals surface area contributed by atoms with E-state index in [1.54, 1.807) is 18.6 Å². The van der Waals surface area contributed by atoms with Gasteiger partial charge in [-0.15, -0.1) is 0 Å². The normalized spacial score (nSPS) is 16.2. The molecule has 1 amide bonds. The Morgan fingerprint density at radius 2 is 2.00 bits per heavy atom. The molecule has 0 spiro atoms. The van der Waals surface area contributed by atoms with Gasteiger partial charge in [-0.1, -0.05) is 36.8 Å². The second-order valence-corrected chi connectivity index (χ2v) is 5.18. The smallest absolute Gasteiger partial charge is 0.230 e. The number of benzene rings is 1. The monoisotopic (exact) mass is 267 g/mol. The highest BCUT2D eigenvalue weighted by Crippen LogP contribution is 2.43. The van der Waals surface area contributed by atoms with Gasteiger partial charge in [-0.2, -0.15) is 0 Å². The molecule has 20 heavy (non-hydrogen) atoms. The number of aromatic nitrogens is 2. The molecule has 0 aliphatic heterocycles. The van der Waals surface area contributed by atoms with Gasteiger partial charge in [0.25, 0.3) is 0 Å². The van der Waals surface area contributed by atoms with E-state index < -0.39 is 0 Å². The number of nitrogens with one attached hydrogen (secondary N) is 1. The Labute approximate surface area is 118 Å². The van der Waals surface area contributed by atoms with Crippen LogP contribution in [0.3, 0.4) is 0 Å². The highest BCUT2D eigenvalue weighted by molar-refractivity contribution is 5.89. The Balaban J connectivity index is 1.72. The summed E-state index contributed by atoms with van der Waals surface area (Å²) in [7, 11) is 0. The van der Waals surface area contributed by atoms with E-state index in [0.29, 0.717) is 6.54 Å². The van der Waals surface area contributed by atoms with Crippen molar-refractivity contribution in [2.75, 3.05) is 0 Å². The molecular weight excluding hydrogens is 250 g/mol. The molecule has 1 aliphatic rings. The number of hydrogen-bond acceptors (Lipinski definition) is 3. The van der Waals surface area contributed by atoms with Crippen LogP contribution in [0.2, 0.25) is 0 Å². The van der Waals surface area contributed by atoms with Crippen LogP contribution in [0, 0.1) is 0 Å². The van der Waals surface area contributed by atoms with Crippen molar-refractivity contribution in [2.24, 2.45) is 0 Å². The molecule has 2 aromatic rings. The first-order chi connectivity index (χ1) is 9.81. The molecule has 1 aromatic heterocycles. The number of hydrogen-bond donors (Lipinski definition) is 1. The molecule has 4 nitrogen and oxygen atoms in total. The van der Waals surface area contributed by atoms with Crippen LogP contribution in [0.25, 0.3) is 0 Å². The van der Waals surface area contributed by atoms with Crippen molar-refractivity contribution >= 4 is 5.91 Å². The second kappa shape index (κ2) is 5.41. The van der Waals surface area contributed by atoms with Crippen molar-refractivity contribution in [2.45, 2.75) is 31.2 Å². The molecule has 4 heteroatoms. The van der Waals surface area contributed by atoms with Gasteiger partial charge in [-0.3, -0.25) is 14.8 Å². The third-order valence-electron chi connectivity index (χ3n) is 4.01. The zero-order valence-corrected chi connectivity index (χ0v) is 11.2. The van der Waals surface area contributed by atoms with E-state index in [1.807, 2.05) is 30.3 Å². The molecular formula is C16H17N3O. The molecule has 0 bridgehead atoms. The fraction of sp³-hybridized carbons (Fsp3) is 0.312. The Kier molecular flexibility index (Phi) is 3.46. The topological polar surface area (TPSA) is 54.9 Å². The van der Waals surface area contributed by atoms with Gasteiger partial charge in [0, 0.05) is 12.4 Å². The molecule has 1 aromatic carbocycles. The number of rotatable bonds is 4. The minimum Gasteiger partial charge on any atom is -0.350 e. The maximum Gasteiger partial charge on any atom is 0.230 e. The van der Waals surface area contributed by atoms with Crippen molar-refractivity contribution in [3.05, 3.63) is 60.2 Å². The van der Waals surface area contributed by atoms with Crippen LogP contribution in [0.4, 0.5) is 0 Å². The predicted molar refractivity (Wildman–Crippen MR) is 75.8 cm³/mol. The minimum absolute atomic E-state index is 0.0978. The lowest BCUT2D eigenvalue weighted by molar-refractivity contribution is -0.130. The van der Waals surface area contributed by atoms with Crippen LogP contribution in [0.15, 0.2) is 48.9 Å². The average Bonchev–Trinajstić information content (AvgIpc) is 2.46. The highest BCUT2D eigenvalue weighted by Gasteiger charge is 2.45. The predicted octanol–water partition coefficient (Wildman–Crippen LogP) is 2.21. The summed E-state index contributed by atoms with van der Waals surface area (Å²) in [6.07, 6.45) is 7.89. The lowest BCUT2D eigenvalue weighted by atomic mass is 9.64. The van der Waals surface area contributed by atoms with E-state index >= 15 is 0 Å². The van der Waals surface area contributed by atoms with Gasteiger partial charge in [0.1, 0.15) is 0 Å². The SMILES string of the molecule is O=C(NCc1cnccn1)C1(c2ccccc2)CCC1. The Morgan fingerprint density at radius 3 is 2.60 bits per heavy atom. The van der Waals surface area contributed by atoms with Gasteiger partial charge in [-0.05, 0) is 18.4 Å². The Bertz CT molecular complexity index is 579. The molecule has 1 saturated carbocycles. The number of carbonyl (C=O) groups is 1. The van der Waals surface area contributed by atoms with Gasteiger partial charge in [0.05, 0.1) is 23.9 Å². The first kappa shape index (κ1) is 12.8. The lowest BCUT2D eigenvalue weighted by Gasteiger charge is -2.40. The summed E-state index contributed by atoms with van der Waals surface area (Å²) in [6, 6.07) is 10.0. The third-order valence-corrected chi connectivity index (χ3v) is 4.01.